The Morgan fingerprint density at radius 2 is 2.19 bits per heavy atom. The first kappa shape index (κ1) is 14.5. The van der Waals surface area contributed by atoms with Crippen molar-refractivity contribution in [2.45, 2.75) is 43.7 Å². The molecule has 21 heavy (non-hydrogen) atoms. The number of carbonyl (C=O) groups is 1. The molecule has 0 radical (unpaired) electrons. The van der Waals surface area contributed by atoms with Gasteiger partial charge in [-0.25, -0.2) is 0 Å². The first-order valence-electron chi connectivity index (χ1n) is 7.81. The zero-order valence-corrected chi connectivity index (χ0v) is 12.7. The Hall–Kier alpha value is -1.39. The second kappa shape index (κ2) is 5.78. The Bertz CT molecular complexity index is 520. The SMILES string of the molecule is COC1(CC(=O)N2CCc3ccccc3C2CN)CCC1. The van der Waals surface area contributed by atoms with Crippen molar-refractivity contribution in [1.82, 2.24) is 4.90 Å². The molecule has 1 aliphatic heterocycles. The molecule has 1 aromatic rings. The highest BCUT2D eigenvalue weighted by Gasteiger charge is 2.41. The monoisotopic (exact) mass is 288 g/mol. The van der Waals surface area contributed by atoms with Crippen LogP contribution in [0.3, 0.4) is 0 Å². The molecule has 2 aliphatic rings. The molecule has 0 saturated heterocycles. The summed E-state index contributed by atoms with van der Waals surface area (Å²) in [5.41, 5.74) is 8.28. The standard InChI is InChI=1S/C17H24N2O2/c1-21-17(8-4-9-17)11-16(20)19-10-7-13-5-2-3-6-14(13)15(19)12-18/h2-3,5-6,15H,4,7-12,18H2,1H3. The van der Waals surface area contributed by atoms with Gasteiger partial charge in [-0.05, 0) is 36.8 Å². The normalized spacial score (nSPS) is 23.3. The van der Waals surface area contributed by atoms with Crippen LogP contribution in [0.25, 0.3) is 0 Å². The molecule has 1 heterocycles. The fourth-order valence-electron chi connectivity index (χ4n) is 3.61. The Labute approximate surface area is 126 Å². The molecule has 0 spiro atoms. The van der Waals surface area contributed by atoms with E-state index >= 15 is 0 Å². The minimum Gasteiger partial charge on any atom is -0.378 e. The minimum absolute atomic E-state index is 0.0106. The molecular weight excluding hydrogens is 264 g/mol. The van der Waals surface area contributed by atoms with Crippen LogP contribution in [0.5, 0.6) is 0 Å². The zero-order chi connectivity index (χ0) is 14.9. The van der Waals surface area contributed by atoms with Crippen molar-refractivity contribution in [2.75, 3.05) is 20.2 Å². The lowest BCUT2D eigenvalue weighted by Crippen LogP contribution is -2.48. The molecule has 2 N–H and O–H groups in total. The number of nitrogens with two attached hydrogens (primary N) is 1. The first-order chi connectivity index (χ1) is 10.2. The van der Waals surface area contributed by atoms with Crippen LogP contribution < -0.4 is 5.73 Å². The number of methoxy groups -OCH3 is 1. The molecule has 1 aromatic carbocycles. The molecular formula is C17H24N2O2. The van der Waals surface area contributed by atoms with Gasteiger partial charge in [0.1, 0.15) is 0 Å². The van der Waals surface area contributed by atoms with E-state index in [1.165, 1.54) is 11.1 Å². The number of hydrogen-bond acceptors (Lipinski definition) is 3. The highest BCUT2D eigenvalue weighted by molar-refractivity contribution is 5.78. The summed E-state index contributed by atoms with van der Waals surface area (Å²) in [5, 5.41) is 0. The number of benzene rings is 1. The second-order valence-corrected chi connectivity index (χ2v) is 6.20. The van der Waals surface area contributed by atoms with Crippen molar-refractivity contribution in [3.05, 3.63) is 35.4 Å². The quantitative estimate of drug-likeness (QED) is 0.922. The van der Waals surface area contributed by atoms with Gasteiger partial charge in [0, 0.05) is 20.2 Å². The molecule has 1 aliphatic carbocycles. The van der Waals surface area contributed by atoms with Gasteiger partial charge in [-0.3, -0.25) is 4.79 Å². The van der Waals surface area contributed by atoms with Crippen LogP contribution in [0.1, 0.15) is 42.9 Å². The third-order valence-electron chi connectivity index (χ3n) is 5.13. The van der Waals surface area contributed by atoms with Crippen molar-refractivity contribution in [2.24, 2.45) is 5.73 Å². The van der Waals surface area contributed by atoms with Crippen molar-refractivity contribution >= 4 is 5.91 Å². The predicted molar refractivity (Wildman–Crippen MR) is 81.9 cm³/mol. The maximum Gasteiger partial charge on any atom is 0.226 e. The number of rotatable bonds is 4. The fourth-order valence-corrected chi connectivity index (χ4v) is 3.61. The smallest absolute Gasteiger partial charge is 0.226 e. The lowest BCUT2D eigenvalue weighted by atomic mass is 9.77. The van der Waals surface area contributed by atoms with E-state index in [2.05, 4.69) is 18.2 Å². The van der Waals surface area contributed by atoms with Crippen LogP contribution in [-0.2, 0) is 16.0 Å². The van der Waals surface area contributed by atoms with E-state index < -0.39 is 0 Å². The summed E-state index contributed by atoms with van der Waals surface area (Å²) in [6.45, 7) is 1.24. The van der Waals surface area contributed by atoms with Crippen molar-refractivity contribution < 1.29 is 9.53 Å². The summed E-state index contributed by atoms with van der Waals surface area (Å²) in [7, 11) is 1.72. The molecule has 1 amide bonds. The van der Waals surface area contributed by atoms with E-state index in [0.29, 0.717) is 13.0 Å². The van der Waals surface area contributed by atoms with E-state index in [0.717, 1.165) is 32.2 Å². The van der Waals surface area contributed by atoms with Gasteiger partial charge in [-0.15, -0.1) is 0 Å². The van der Waals surface area contributed by atoms with Crippen LogP contribution in [-0.4, -0.2) is 36.6 Å². The molecule has 0 bridgehead atoms. The van der Waals surface area contributed by atoms with Crippen LogP contribution in [0.15, 0.2) is 24.3 Å². The van der Waals surface area contributed by atoms with Gasteiger partial charge in [0.05, 0.1) is 18.1 Å². The van der Waals surface area contributed by atoms with Gasteiger partial charge in [0.15, 0.2) is 0 Å². The van der Waals surface area contributed by atoms with E-state index in [9.17, 15) is 4.79 Å². The van der Waals surface area contributed by atoms with Gasteiger partial charge in [0.2, 0.25) is 5.91 Å². The van der Waals surface area contributed by atoms with Gasteiger partial charge < -0.3 is 15.4 Å². The average Bonchev–Trinajstić information content (AvgIpc) is 2.49. The van der Waals surface area contributed by atoms with Crippen LogP contribution in [0, 0.1) is 0 Å². The predicted octanol–water partition coefficient (Wildman–Crippen LogP) is 2.03. The molecule has 4 nitrogen and oxygen atoms in total. The molecule has 0 aromatic heterocycles. The van der Waals surface area contributed by atoms with Crippen LogP contribution >= 0.6 is 0 Å². The van der Waals surface area contributed by atoms with E-state index in [4.69, 9.17) is 10.5 Å². The Balaban J connectivity index is 1.78. The fraction of sp³-hybridized carbons (Fsp3) is 0.588. The third kappa shape index (κ3) is 2.58. The van der Waals surface area contributed by atoms with Gasteiger partial charge >= 0.3 is 0 Å². The molecule has 1 saturated carbocycles. The van der Waals surface area contributed by atoms with Gasteiger partial charge in [-0.2, -0.15) is 0 Å². The molecule has 1 unspecified atom stereocenters. The lowest BCUT2D eigenvalue weighted by molar-refractivity contribution is -0.146. The van der Waals surface area contributed by atoms with E-state index in [1.54, 1.807) is 7.11 Å². The average molecular weight is 288 g/mol. The van der Waals surface area contributed by atoms with E-state index in [-0.39, 0.29) is 17.6 Å². The largest absolute Gasteiger partial charge is 0.378 e. The highest BCUT2D eigenvalue weighted by atomic mass is 16.5. The van der Waals surface area contributed by atoms with Gasteiger partial charge in [-0.1, -0.05) is 24.3 Å². The molecule has 1 fully saturated rings. The Morgan fingerprint density at radius 1 is 1.43 bits per heavy atom. The first-order valence-corrected chi connectivity index (χ1v) is 7.81. The topological polar surface area (TPSA) is 55.6 Å². The van der Waals surface area contributed by atoms with Crippen molar-refractivity contribution in [3.63, 3.8) is 0 Å². The summed E-state index contributed by atoms with van der Waals surface area (Å²) in [6.07, 6.45) is 4.55. The Morgan fingerprint density at radius 3 is 2.81 bits per heavy atom. The van der Waals surface area contributed by atoms with Crippen molar-refractivity contribution in [3.8, 4) is 0 Å². The minimum atomic E-state index is -0.215. The summed E-state index contributed by atoms with van der Waals surface area (Å²) in [5.74, 6) is 0.182. The molecule has 3 rings (SSSR count). The number of ether oxygens (including phenoxy) is 1. The van der Waals surface area contributed by atoms with Gasteiger partial charge in [0.25, 0.3) is 0 Å². The molecule has 4 heteroatoms. The zero-order valence-electron chi connectivity index (χ0n) is 12.7. The Kier molecular flexibility index (Phi) is 4.00. The molecule has 1 atom stereocenters. The highest BCUT2D eigenvalue weighted by Crippen LogP contribution is 2.39. The number of nitrogens with zero attached hydrogens (tertiary/aromatic N) is 1. The maximum atomic E-state index is 12.7. The maximum absolute atomic E-state index is 12.7. The number of amides is 1. The third-order valence-corrected chi connectivity index (χ3v) is 5.13. The summed E-state index contributed by atoms with van der Waals surface area (Å²) >= 11 is 0. The van der Waals surface area contributed by atoms with E-state index in [1.807, 2.05) is 11.0 Å². The van der Waals surface area contributed by atoms with Crippen LogP contribution in [0.2, 0.25) is 0 Å². The lowest BCUT2D eigenvalue weighted by Gasteiger charge is -2.43. The number of hydrogen-bond donors (Lipinski definition) is 1. The molecule has 114 valence electrons. The second-order valence-electron chi connectivity index (χ2n) is 6.20. The summed E-state index contributed by atoms with van der Waals surface area (Å²) < 4.78 is 5.59. The number of carbonyl (C=O) groups excluding carboxylic acids is 1. The van der Waals surface area contributed by atoms with Crippen molar-refractivity contribution in [1.29, 1.82) is 0 Å². The summed E-state index contributed by atoms with van der Waals surface area (Å²) in [6, 6.07) is 8.33. The van der Waals surface area contributed by atoms with Crippen LogP contribution in [0.4, 0.5) is 0 Å². The number of fused-ring (bicyclic) bond motifs is 1. The summed E-state index contributed by atoms with van der Waals surface area (Å²) in [4.78, 5) is 14.7.